The van der Waals surface area contributed by atoms with E-state index in [0.29, 0.717) is 56.8 Å². The maximum atomic E-state index is 12.1. The van der Waals surface area contributed by atoms with Crippen LogP contribution in [0, 0.1) is 0 Å². The molecule has 0 saturated heterocycles. The lowest BCUT2D eigenvalue weighted by molar-refractivity contribution is 0.112. The van der Waals surface area contributed by atoms with Gasteiger partial charge in [-0.05, 0) is 0 Å². The monoisotopic (exact) mass is 542 g/mol. The van der Waals surface area contributed by atoms with Crippen molar-refractivity contribution in [3.63, 3.8) is 0 Å². The molecule has 4 aromatic carbocycles. The van der Waals surface area contributed by atoms with Gasteiger partial charge in [0, 0.05) is 49.4 Å². The fraction of sp³-hybridized carbons (Fsp3) is 0. The maximum absolute atomic E-state index is 12.1. The molecule has 0 unspecified atom stereocenters. The molecule has 2 aliphatic heterocycles. The molecule has 0 aliphatic carbocycles. The van der Waals surface area contributed by atoms with Crippen molar-refractivity contribution in [2.24, 2.45) is 0 Å². The van der Waals surface area contributed by atoms with Crippen LogP contribution in [0.2, 0.25) is 0 Å². The second kappa shape index (κ2) is 8.45. The van der Waals surface area contributed by atoms with Gasteiger partial charge < -0.3 is 9.97 Å². The molecule has 5 heterocycles. The van der Waals surface area contributed by atoms with E-state index in [4.69, 9.17) is 29.9 Å². The molecule has 0 fully saturated rings. The molecule has 7 aromatic rings. The minimum atomic E-state index is 0.488. The summed E-state index contributed by atoms with van der Waals surface area (Å²) < 4.78 is 0. The summed E-state index contributed by atoms with van der Waals surface area (Å²) in [5.41, 5.74) is 6.27. The highest BCUT2D eigenvalue weighted by molar-refractivity contribution is 6.12. The van der Waals surface area contributed by atoms with Crippen LogP contribution < -0.4 is 0 Å². The first-order valence-corrected chi connectivity index (χ1v) is 13.4. The topological polar surface area (TPSA) is 126 Å². The van der Waals surface area contributed by atoms with Gasteiger partial charge in [0.05, 0.1) is 0 Å². The highest BCUT2D eigenvalue weighted by atomic mass is 16.1. The summed E-state index contributed by atoms with van der Waals surface area (Å²) in [6.45, 7) is 0. The van der Waals surface area contributed by atoms with Crippen LogP contribution in [0.3, 0.4) is 0 Å². The average Bonchev–Trinajstić information content (AvgIpc) is 3.76. The highest BCUT2D eigenvalue weighted by Crippen LogP contribution is 2.36. The lowest BCUT2D eigenvalue weighted by Crippen LogP contribution is -1.84. The zero-order valence-electron chi connectivity index (χ0n) is 21.8. The van der Waals surface area contributed by atoms with Crippen molar-refractivity contribution in [2.75, 3.05) is 0 Å². The van der Waals surface area contributed by atoms with Crippen molar-refractivity contribution < 1.29 is 4.79 Å². The summed E-state index contributed by atoms with van der Waals surface area (Å²) in [6, 6.07) is 29.3. The predicted molar refractivity (Wildman–Crippen MR) is 161 cm³/mol. The molecule has 2 aliphatic rings. The van der Waals surface area contributed by atoms with E-state index < -0.39 is 0 Å². The highest BCUT2D eigenvalue weighted by Gasteiger charge is 2.22. The summed E-state index contributed by atoms with van der Waals surface area (Å²) in [5.74, 6) is 2.09. The van der Waals surface area contributed by atoms with Crippen LogP contribution in [0.5, 0.6) is 0 Å². The Kier molecular flexibility index (Phi) is 4.57. The van der Waals surface area contributed by atoms with Gasteiger partial charge in [-0.25, -0.2) is 29.9 Å². The molecule has 0 spiro atoms. The van der Waals surface area contributed by atoms with Crippen LogP contribution >= 0.6 is 0 Å². The van der Waals surface area contributed by atoms with Gasteiger partial charge in [-0.2, -0.15) is 0 Å². The van der Waals surface area contributed by atoms with E-state index in [1.807, 2.05) is 84.9 Å². The zero-order chi connectivity index (χ0) is 27.8. The van der Waals surface area contributed by atoms with Gasteiger partial charge in [0.1, 0.15) is 22.6 Å². The standard InChI is InChI=1S/C33H18N8O/c42-16-17-8-7-15-24-25(17)33-40-31-23-14-6-5-13-22(23)29(38-31)36-27-19-10-2-1-9-18(19)26(34-27)35-28-20-11-3-4-12-21(20)30(37-28)39-32(24)41-33/h1-16H,(H2,34,35,36,37,38,39,40,41). The third-order valence-corrected chi connectivity index (χ3v) is 7.74. The number of carbonyl (C=O) groups is 1. The number of carbonyl (C=O) groups excluding carboxylic acids is 1. The van der Waals surface area contributed by atoms with Gasteiger partial charge in [0.25, 0.3) is 0 Å². The molecule has 9 rings (SSSR count). The Labute approximate surface area is 237 Å². The second-order valence-electron chi connectivity index (χ2n) is 10.1. The molecule has 0 atom stereocenters. The molecule has 0 amide bonds. The van der Waals surface area contributed by atoms with Crippen molar-refractivity contribution in [1.82, 2.24) is 39.9 Å². The predicted octanol–water partition coefficient (Wildman–Crippen LogP) is 6.68. The number of hydrogen-bond donors (Lipinski definition) is 2. The van der Waals surface area contributed by atoms with E-state index >= 15 is 0 Å². The SMILES string of the molecule is O=Cc1cccc2c3nc4nc(nc5[nH]c(nc6nc(nc([nH]3)c12)-c1ccccc1-6)c1ccccc51)-c1ccccc1-4. The molecular formula is C33H18N8O. The van der Waals surface area contributed by atoms with Gasteiger partial charge in [-0.3, -0.25) is 4.79 Å². The number of hydrogen-bond acceptors (Lipinski definition) is 7. The number of aldehydes is 1. The smallest absolute Gasteiger partial charge is 0.164 e. The normalized spacial score (nSPS) is 11.9. The Morgan fingerprint density at radius 1 is 0.429 bits per heavy atom. The lowest BCUT2D eigenvalue weighted by Gasteiger charge is -1.97. The Hall–Kier alpha value is -6.09. The first-order valence-electron chi connectivity index (χ1n) is 13.4. The van der Waals surface area contributed by atoms with E-state index in [1.165, 1.54) is 0 Å². The average molecular weight is 543 g/mol. The molecule has 3 aromatic heterocycles. The lowest BCUT2D eigenvalue weighted by atomic mass is 10.1. The van der Waals surface area contributed by atoms with Crippen LogP contribution in [-0.4, -0.2) is 46.2 Å². The number of aromatic nitrogens is 8. The van der Waals surface area contributed by atoms with Crippen LogP contribution in [-0.2, 0) is 0 Å². The van der Waals surface area contributed by atoms with E-state index in [1.54, 1.807) is 6.07 Å². The van der Waals surface area contributed by atoms with Gasteiger partial charge >= 0.3 is 0 Å². The number of benzene rings is 4. The van der Waals surface area contributed by atoms with Crippen molar-refractivity contribution in [2.45, 2.75) is 0 Å². The summed E-state index contributed by atoms with van der Waals surface area (Å²) >= 11 is 0. The summed E-state index contributed by atoms with van der Waals surface area (Å²) in [4.78, 5) is 48.6. The van der Waals surface area contributed by atoms with Crippen molar-refractivity contribution in [3.05, 3.63) is 96.6 Å². The van der Waals surface area contributed by atoms with Gasteiger partial charge in [-0.15, -0.1) is 0 Å². The third kappa shape index (κ3) is 3.21. The molecule has 42 heavy (non-hydrogen) atoms. The van der Waals surface area contributed by atoms with Crippen LogP contribution in [0.25, 0.3) is 89.7 Å². The molecule has 8 bridgehead atoms. The van der Waals surface area contributed by atoms with E-state index in [2.05, 4.69) is 9.97 Å². The number of aromatic amines is 2. The minimum absolute atomic E-state index is 0.488. The minimum Gasteiger partial charge on any atom is -0.324 e. The van der Waals surface area contributed by atoms with Crippen molar-refractivity contribution in [3.8, 4) is 45.6 Å². The van der Waals surface area contributed by atoms with Crippen LogP contribution in [0.4, 0.5) is 0 Å². The van der Waals surface area contributed by atoms with Crippen molar-refractivity contribution >= 4 is 50.4 Å². The van der Waals surface area contributed by atoms with Gasteiger partial charge in [-0.1, -0.05) is 91.0 Å². The van der Waals surface area contributed by atoms with E-state index in [9.17, 15) is 4.79 Å². The molecule has 0 saturated carbocycles. The number of nitrogens with zero attached hydrogens (tertiary/aromatic N) is 6. The zero-order valence-corrected chi connectivity index (χ0v) is 21.8. The summed E-state index contributed by atoms with van der Waals surface area (Å²) in [5, 5.41) is 3.27. The Morgan fingerprint density at radius 2 is 0.833 bits per heavy atom. The molecule has 9 nitrogen and oxygen atoms in total. The van der Waals surface area contributed by atoms with Gasteiger partial charge in [0.15, 0.2) is 29.6 Å². The Balaban J connectivity index is 1.52. The third-order valence-electron chi connectivity index (χ3n) is 7.74. The van der Waals surface area contributed by atoms with Crippen molar-refractivity contribution in [1.29, 1.82) is 0 Å². The molecule has 0 radical (unpaired) electrons. The van der Waals surface area contributed by atoms with E-state index in [0.717, 1.165) is 44.7 Å². The van der Waals surface area contributed by atoms with E-state index in [-0.39, 0.29) is 0 Å². The number of fused-ring (bicyclic) bond motifs is 20. The van der Waals surface area contributed by atoms with Gasteiger partial charge in [0.2, 0.25) is 0 Å². The first-order chi connectivity index (χ1) is 20.7. The molecular weight excluding hydrogens is 524 g/mol. The Bertz CT molecular complexity index is 2450. The quantitative estimate of drug-likeness (QED) is 0.222. The maximum Gasteiger partial charge on any atom is 0.164 e. The first kappa shape index (κ1) is 22.7. The van der Waals surface area contributed by atoms with Crippen LogP contribution in [0.1, 0.15) is 10.4 Å². The Morgan fingerprint density at radius 3 is 1.33 bits per heavy atom. The fourth-order valence-corrected chi connectivity index (χ4v) is 5.82. The largest absolute Gasteiger partial charge is 0.324 e. The van der Waals surface area contributed by atoms with Crippen LogP contribution in [0.15, 0.2) is 91.0 Å². The molecule has 196 valence electrons. The fourth-order valence-electron chi connectivity index (χ4n) is 5.82. The number of rotatable bonds is 1. The molecule has 9 heteroatoms. The number of nitrogens with one attached hydrogen (secondary N) is 2. The summed E-state index contributed by atoms with van der Waals surface area (Å²) in [7, 11) is 0. The number of H-pyrrole nitrogens is 2. The summed E-state index contributed by atoms with van der Waals surface area (Å²) in [6.07, 6.45) is 0.833. The molecule has 2 N–H and O–H groups in total. The second-order valence-corrected chi connectivity index (χ2v) is 10.1.